The van der Waals surface area contributed by atoms with Crippen molar-refractivity contribution in [1.82, 2.24) is 24.7 Å². The number of pyridine rings is 1. The smallest absolute Gasteiger partial charge is 0.229 e. The SMILES string of the molecule is OC1CCC(Nc2nc(Nc3cnn(-c4ccncc4)c3)nc3ccsc23)CC1. The third kappa shape index (κ3) is 3.92. The molecule has 0 bridgehead atoms. The third-order valence-electron chi connectivity index (χ3n) is 5.11. The Kier molecular flexibility index (Phi) is 4.82. The minimum absolute atomic E-state index is 0.172. The summed E-state index contributed by atoms with van der Waals surface area (Å²) in [6, 6.07) is 6.12. The molecule has 0 spiro atoms. The number of nitrogens with one attached hydrogen (secondary N) is 2. The first kappa shape index (κ1) is 18.0. The fourth-order valence-electron chi connectivity index (χ4n) is 3.59. The Morgan fingerprint density at radius 2 is 1.90 bits per heavy atom. The lowest BCUT2D eigenvalue weighted by Gasteiger charge is -2.26. The second-order valence-electron chi connectivity index (χ2n) is 7.18. The molecular weight excluding hydrogens is 386 g/mol. The predicted molar refractivity (Wildman–Crippen MR) is 114 cm³/mol. The highest BCUT2D eigenvalue weighted by molar-refractivity contribution is 7.17. The zero-order valence-corrected chi connectivity index (χ0v) is 16.5. The summed E-state index contributed by atoms with van der Waals surface area (Å²) in [5.74, 6) is 1.37. The number of hydrogen-bond acceptors (Lipinski definition) is 8. The van der Waals surface area contributed by atoms with Gasteiger partial charge in [-0.15, -0.1) is 11.3 Å². The van der Waals surface area contributed by atoms with E-state index in [0.29, 0.717) is 12.0 Å². The van der Waals surface area contributed by atoms with E-state index in [1.807, 2.05) is 29.8 Å². The largest absolute Gasteiger partial charge is 0.393 e. The number of fused-ring (bicyclic) bond motifs is 1. The molecule has 9 heteroatoms. The fourth-order valence-corrected chi connectivity index (χ4v) is 4.37. The van der Waals surface area contributed by atoms with Crippen LogP contribution in [0.25, 0.3) is 15.9 Å². The van der Waals surface area contributed by atoms with Crippen LogP contribution in [0.2, 0.25) is 0 Å². The van der Waals surface area contributed by atoms with Gasteiger partial charge in [-0.05, 0) is 49.3 Å². The molecule has 4 aromatic heterocycles. The van der Waals surface area contributed by atoms with E-state index < -0.39 is 0 Å². The highest BCUT2D eigenvalue weighted by atomic mass is 32.1. The normalized spacial score (nSPS) is 19.3. The van der Waals surface area contributed by atoms with Gasteiger partial charge in [0.15, 0.2) is 0 Å². The first-order chi connectivity index (χ1) is 14.2. The Balaban J connectivity index is 1.39. The van der Waals surface area contributed by atoms with Crippen molar-refractivity contribution in [3.8, 4) is 5.69 Å². The first-order valence-electron chi connectivity index (χ1n) is 9.66. The molecule has 0 unspecified atom stereocenters. The number of aromatic nitrogens is 5. The monoisotopic (exact) mass is 407 g/mol. The predicted octanol–water partition coefficient (Wildman–Crippen LogP) is 3.73. The summed E-state index contributed by atoms with van der Waals surface area (Å²) >= 11 is 1.63. The Morgan fingerprint density at radius 3 is 2.72 bits per heavy atom. The molecule has 1 fully saturated rings. The van der Waals surface area contributed by atoms with Crippen molar-refractivity contribution < 1.29 is 5.11 Å². The van der Waals surface area contributed by atoms with E-state index >= 15 is 0 Å². The number of aliphatic hydroxyl groups excluding tert-OH is 1. The van der Waals surface area contributed by atoms with Gasteiger partial charge in [0.05, 0.1) is 40.1 Å². The van der Waals surface area contributed by atoms with Crippen LogP contribution in [0, 0.1) is 0 Å². The number of aliphatic hydroxyl groups is 1. The van der Waals surface area contributed by atoms with Gasteiger partial charge in [-0.1, -0.05) is 0 Å². The zero-order valence-electron chi connectivity index (χ0n) is 15.7. The van der Waals surface area contributed by atoms with E-state index in [1.54, 1.807) is 34.6 Å². The number of hydrogen-bond donors (Lipinski definition) is 3. The van der Waals surface area contributed by atoms with Crippen molar-refractivity contribution in [3.63, 3.8) is 0 Å². The Hall–Kier alpha value is -3.04. The van der Waals surface area contributed by atoms with Crippen molar-refractivity contribution >= 4 is 39.0 Å². The van der Waals surface area contributed by atoms with E-state index in [4.69, 9.17) is 4.98 Å². The molecular formula is C20H21N7OS. The van der Waals surface area contributed by atoms with Crippen LogP contribution in [-0.4, -0.2) is 42.0 Å². The zero-order chi connectivity index (χ0) is 19.6. The summed E-state index contributed by atoms with van der Waals surface area (Å²) in [4.78, 5) is 13.4. The molecule has 3 N–H and O–H groups in total. The van der Waals surface area contributed by atoms with Gasteiger partial charge < -0.3 is 15.7 Å². The molecule has 0 aliphatic heterocycles. The average molecular weight is 408 g/mol. The van der Waals surface area contributed by atoms with Crippen LogP contribution in [-0.2, 0) is 0 Å². The standard InChI is InChI=1S/C20H21N7OS/c28-16-3-1-13(2-4-16)23-19-18-17(7-10-29-18)25-20(26-19)24-14-11-22-27(12-14)15-5-8-21-9-6-15/h5-13,16,28H,1-4H2,(H2,23,24,25,26). The summed E-state index contributed by atoms with van der Waals surface area (Å²) in [6.45, 7) is 0. The molecule has 0 atom stereocenters. The molecule has 8 nitrogen and oxygen atoms in total. The molecule has 1 aliphatic rings. The van der Waals surface area contributed by atoms with E-state index in [1.165, 1.54) is 0 Å². The van der Waals surface area contributed by atoms with Gasteiger partial charge in [-0.25, -0.2) is 9.67 Å². The minimum atomic E-state index is -0.172. The van der Waals surface area contributed by atoms with E-state index in [-0.39, 0.29) is 6.10 Å². The summed E-state index contributed by atoms with van der Waals surface area (Å²) in [6.07, 6.45) is 10.5. The molecule has 148 valence electrons. The topological polar surface area (TPSA) is 101 Å². The van der Waals surface area contributed by atoms with Crippen LogP contribution in [0.3, 0.4) is 0 Å². The lowest BCUT2D eigenvalue weighted by Crippen LogP contribution is -2.28. The van der Waals surface area contributed by atoms with Crippen LogP contribution >= 0.6 is 11.3 Å². The van der Waals surface area contributed by atoms with Gasteiger partial charge in [-0.3, -0.25) is 4.98 Å². The second kappa shape index (κ2) is 7.76. The summed E-state index contributed by atoms with van der Waals surface area (Å²) in [5, 5.41) is 23.0. The van der Waals surface area contributed by atoms with Gasteiger partial charge >= 0.3 is 0 Å². The van der Waals surface area contributed by atoms with Gasteiger partial charge in [0, 0.05) is 18.4 Å². The second-order valence-corrected chi connectivity index (χ2v) is 8.10. The van der Waals surface area contributed by atoms with Crippen molar-refractivity contribution in [2.24, 2.45) is 0 Å². The minimum Gasteiger partial charge on any atom is -0.393 e. The number of nitrogens with zero attached hydrogens (tertiary/aromatic N) is 5. The van der Waals surface area contributed by atoms with Crippen molar-refractivity contribution in [2.75, 3.05) is 10.6 Å². The summed E-state index contributed by atoms with van der Waals surface area (Å²) < 4.78 is 2.83. The van der Waals surface area contributed by atoms with Crippen LogP contribution in [0.15, 0.2) is 48.4 Å². The van der Waals surface area contributed by atoms with Crippen molar-refractivity contribution in [2.45, 2.75) is 37.8 Å². The first-order valence-corrected chi connectivity index (χ1v) is 10.5. The lowest BCUT2D eigenvalue weighted by molar-refractivity contribution is 0.126. The number of anilines is 3. The number of rotatable bonds is 5. The Bertz CT molecular complexity index is 1100. The van der Waals surface area contributed by atoms with Crippen LogP contribution in [0.4, 0.5) is 17.5 Å². The molecule has 0 saturated heterocycles. The molecule has 1 saturated carbocycles. The molecule has 0 amide bonds. The Morgan fingerprint density at radius 1 is 1.07 bits per heavy atom. The lowest BCUT2D eigenvalue weighted by atomic mass is 9.93. The van der Waals surface area contributed by atoms with Gasteiger partial charge in [-0.2, -0.15) is 10.1 Å². The molecule has 5 rings (SSSR count). The molecule has 1 aliphatic carbocycles. The Labute approximate surface area is 171 Å². The van der Waals surface area contributed by atoms with E-state index in [2.05, 4.69) is 25.7 Å². The van der Waals surface area contributed by atoms with Crippen LogP contribution < -0.4 is 10.6 Å². The fraction of sp³-hybridized carbons (Fsp3) is 0.300. The third-order valence-corrected chi connectivity index (χ3v) is 6.02. The summed E-state index contributed by atoms with van der Waals surface area (Å²) in [5.41, 5.74) is 2.65. The maximum Gasteiger partial charge on any atom is 0.229 e. The van der Waals surface area contributed by atoms with Gasteiger partial charge in [0.1, 0.15) is 5.82 Å². The molecule has 0 aromatic carbocycles. The highest BCUT2D eigenvalue weighted by Gasteiger charge is 2.21. The molecule has 29 heavy (non-hydrogen) atoms. The van der Waals surface area contributed by atoms with Crippen molar-refractivity contribution in [1.29, 1.82) is 0 Å². The van der Waals surface area contributed by atoms with Crippen LogP contribution in [0.1, 0.15) is 25.7 Å². The van der Waals surface area contributed by atoms with Gasteiger partial charge in [0.2, 0.25) is 5.95 Å². The highest BCUT2D eigenvalue weighted by Crippen LogP contribution is 2.31. The van der Waals surface area contributed by atoms with Gasteiger partial charge in [0.25, 0.3) is 0 Å². The maximum atomic E-state index is 9.75. The summed E-state index contributed by atoms with van der Waals surface area (Å²) in [7, 11) is 0. The molecule has 4 heterocycles. The van der Waals surface area contributed by atoms with E-state index in [9.17, 15) is 5.11 Å². The average Bonchev–Trinajstić information content (AvgIpc) is 3.40. The molecule has 0 radical (unpaired) electrons. The molecule has 4 aromatic rings. The quantitative estimate of drug-likeness (QED) is 0.463. The van der Waals surface area contributed by atoms with Crippen LogP contribution in [0.5, 0.6) is 0 Å². The van der Waals surface area contributed by atoms with E-state index in [0.717, 1.165) is 53.1 Å². The van der Waals surface area contributed by atoms with Crippen molar-refractivity contribution in [3.05, 3.63) is 48.4 Å². The number of thiophene rings is 1. The maximum absolute atomic E-state index is 9.75.